The van der Waals surface area contributed by atoms with Gasteiger partial charge in [-0.25, -0.2) is 0 Å². The van der Waals surface area contributed by atoms with Crippen LogP contribution in [0.4, 0.5) is 0 Å². The van der Waals surface area contributed by atoms with E-state index in [1.165, 1.54) is 0 Å². The van der Waals surface area contributed by atoms with Crippen LogP contribution in [0, 0.1) is 0 Å². The zero-order valence-corrected chi connectivity index (χ0v) is 13.3. The topological polar surface area (TPSA) is 55.8 Å². The van der Waals surface area contributed by atoms with E-state index in [-0.39, 0.29) is 31.0 Å². The summed E-state index contributed by atoms with van der Waals surface area (Å²) in [5.41, 5.74) is 1.42. The van der Waals surface area contributed by atoms with E-state index in [1.807, 2.05) is 20.8 Å². The maximum Gasteiger partial charge on any atom is 0.167 e. The maximum absolute atomic E-state index is 12.1. The standard InChI is InChI=1S/C16H21ClO4/c1-9(2)20-7-11(18)8-21-14-5-4-12(17)15-10(3)6-13(19)16(14)15/h4-5,9-11,18H,6-8H2,1-3H3/t10-,11-/m1/s1. The van der Waals surface area contributed by atoms with Gasteiger partial charge in [0.2, 0.25) is 0 Å². The Morgan fingerprint density at radius 2 is 2.10 bits per heavy atom. The van der Waals surface area contributed by atoms with Gasteiger partial charge in [-0.05, 0) is 37.5 Å². The predicted octanol–water partition coefficient (Wildman–Crippen LogP) is 3.19. The Labute approximate surface area is 130 Å². The van der Waals surface area contributed by atoms with E-state index in [1.54, 1.807) is 12.1 Å². The highest BCUT2D eigenvalue weighted by Gasteiger charge is 2.31. The van der Waals surface area contributed by atoms with E-state index in [4.69, 9.17) is 21.1 Å². The molecule has 0 heterocycles. The Hall–Kier alpha value is -1.10. The molecule has 4 nitrogen and oxygen atoms in total. The van der Waals surface area contributed by atoms with Crippen LogP contribution in [0.1, 0.15) is 49.0 Å². The van der Waals surface area contributed by atoms with Crippen molar-refractivity contribution >= 4 is 17.4 Å². The van der Waals surface area contributed by atoms with Gasteiger partial charge in [0.1, 0.15) is 18.5 Å². The number of halogens is 1. The van der Waals surface area contributed by atoms with Gasteiger partial charge in [-0.15, -0.1) is 0 Å². The fraction of sp³-hybridized carbons (Fsp3) is 0.562. The molecular formula is C16H21ClO4. The molecule has 0 saturated heterocycles. The average molecular weight is 313 g/mol. The quantitative estimate of drug-likeness (QED) is 0.876. The molecular weight excluding hydrogens is 292 g/mol. The molecule has 0 aliphatic heterocycles. The highest BCUT2D eigenvalue weighted by Crippen LogP contribution is 2.42. The number of ether oxygens (including phenoxy) is 2. The average Bonchev–Trinajstić information content (AvgIpc) is 2.72. The van der Waals surface area contributed by atoms with Crippen molar-refractivity contribution in [3.63, 3.8) is 0 Å². The van der Waals surface area contributed by atoms with Crippen LogP contribution in [0.2, 0.25) is 5.02 Å². The number of carbonyl (C=O) groups excluding carboxylic acids is 1. The summed E-state index contributed by atoms with van der Waals surface area (Å²) in [7, 11) is 0. The molecule has 0 saturated carbocycles. The lowest BCUT2D eigenvalue weighted by Crippen LogP contribution is -2.25. The lowest BCUT2D eigenvalue weighted by Gasteiger charge is -2.16. The smallest absolute Gasteiger partial charge is 0.167 e. The number of carbonyl (C=O) groups is 1. The minimum atomic E-state index is -0.729. The summed E-state index contributed by atoms with van der Waals surface area (Å²) in [5, 5.41) is 10.4. The van der Waals surface area contributed by atoms with Crippen molar-refractivity contribution in [1.82, 2.24) is 0 Å². The van der Waals surface area contributed by atoms with E-state index < -0.39 is 6.10 Å². The molecule has 0 radical (unpaired) electrons. The van der Waals surface area contributed by atoms with Crippen LogP contribution in [0.15, 0.2) is 12.1 Å². The highest BCUT2D eigenvalue weighted by molar-refractivity contribution is 6.32. The van der Waals surface area contributed by atoms with Crippen LogP contribution in [0.3, 0.4) is 0 Å². The summed E-state index contributed by atoms with van der Waals surface area (Å²) in [4.78, 5) is 12.1. The summed E-state index contributed by atoms with van der Waals surface area (Å²) < 4.78 is 10.9. The highest BCUT2D eigenvalue weighted by atomic mass is 35.5. The first-order valence-corrected chi connectivity index (χ1v) is 7.56. The fourth-order valence-electron chi connectivity index (χ4n) is 2.48. The summed E-state index contributed by atoms with van der Waals surface area (Å²) in [6, 6.07) is 3.43. The Bertz CT molecular complexity index is 527. The molecule has 1 aliphatic rings. The summed E-state index contributed by atoms with van der Waals surface area (Å²) in [5.74, 6) is 0.646. The lowest BCUT2D eigenvalue weighted by molar-refractivity contribution is -0.0123. The second-order valence-electron chi connectivity index (χ2n) is 5.71. The van der Waals surface area contributed by atoms with Gasteiger partial charge in [0.15, 0.2) is 5.78 Å². The lowest BCUT2D eigenvalue weighted by atomic mass is 10.0. The Morgan fingerprint density at radius 3 is 2.76 bits per heavy atom. The van der Waals surface area contributed by atoms with Crippen LogP contribution in [0.5, 0.6) is 5.75 Å². The SMILES string of the molecule is CC(C)OC[C@@H](O)COc1ccc(Cl)c2c1C(=O)C[C@H]2C. The number of aliphatic hydroxyl groups excluding tert-OH is 1. The summed E-state index contributed by atoms with van der Waals surface area (Å²) in [6.45, 7) is 6.07. The maximum atomic E-state index is 12.1. The summed E-state index contributed by atoms with van der Waals surface area (Å²) in [6.07, 6.45) is -0.219. The zero-order chi connectivity index (χ0) is 15.6. The molecule has 1 aromatic rings. The van der Waals surface area contributed by atoms with Crippen LogP contribution in [-0.2, 0) is 4.74 Å². The Kier molecular flexibility index (Phi) is 5.25. The van der Waals surface area contributed by atoms with Crippen LogP contribution in [-0.4, -0.2) is 36.3 Å². The van der Waals surface area contributed by atoms with Gasteiger partial charge >= 0.3 is 0 Å². The van der Waals surface area contributed by atoms with E-state index in [0.29, 0.717) is 22.8 Å². The number of Topliss-reactive ketones (excluding diaryl/α,β-unsaturated/α-hetero) is 1. The first-order chi connectivity index (χ1) is 9.90. The van der Waals surface area contributed by atoms with Crippen molar-refractivity contribution in [2.45, 2.75) is 45.3 Å². The molecule has 21 heavy (non-hydrogen) atoms. The summed E-state index contributed by atoms with van der Waals surface area (Å²) >= 11 is 6.17. The molecule has 2 atom stereocenters. The normalized spacial score (nSPS) is 19.0. The van der Waals surface area contributed by atoms with Crippen molar-refractivity contribution in [2.24, 2.45) is 0 Å². The number of benzene rings is 1. The predicted molar refractivity (Wildman–Crippen MR) is 81.4 cm³/mol. The van der Waals surface area contributed by atoms with E-state index >= 15 is 0 Å². The molecule has 0 unspecified atom stereocenters. The van der Waals surface area contributed by atoms with E-state index in [9.17, 15) is 9.90 Å². The van der Waals surface area contributed by atoms with Crippen molar-refractivity contribution in [3.05, 3.63) is 28.3 Å². The monoisotopic (exact) mass is 312 g/mol. The molecule has 0 bridgehead atoms. The van der Waals surface area contributed by atoms with Crippen molar-refractivity contribution < 1.29 is 19.4 Å². The minimum absolute atomic E-state index is 0.0444. The molecule has 1 aromatic carbocycles. The van der Waals surface area contributed by atoms with Gasteiger partial charge in [-0.3, -0.25) is 4.79 Å². The van der Waals surface area contributed by atoms with Crippen molar-refractivity contribution in [2.75, 3.05) is 13.2 Å². The number of ketones is 1. The fourth-order valence-corrected chi connectivity index (χ4v) is 2.83. The number of aliphatic hydroxyl groups is 1. The molecule has 0 spiro atoms. The second kappa shape index (κ2) is 6.77. The van der Waals surface area contributed by atoms with Crippen LogP contribution >= 0.6 is 11.6 Å². The third-order valence-corrected chi connectivity index (χ3v) is 3.80. The van der Waals surface area contributed by atoms with Gasteiger partial charge in [-0.2, -0.15) is 0 Å². The van der Waals surface area contributed by atoms with Crippen molar-refractivity contribution in [3.8, 4) is 5.75 Å². The third-order valence-electron chi connectivity index (χ3n) is 3.47. The molecule has 1 N–H and O–H groups in total. The van der Waals surface area contributed by atoms with E-state index in [2.05, 4.69) is 0 Å². The zero-order valence-electron chi connectivity index (χ0n) is 12.6. The first kappa shape index (κ1) is 16.3. The van der Waals surface area contributed by atoms with E-state index in [0.717, 1.165) is 5.56 Å². The molecule has 0 aromatic heterocycles. The van der Waals surface area contributed by atoms with Gasteiger partial charge in [0.05, 0.1) is 18.3 Å². The largest absolute Gasteiger partial charge is 0.490 e. The van der Waals surface area contributed by atoms with Gasteiger partial charge in [-0.1, -0.05) is 18.5 Å². The molecule has 0 fully saturated rings. The molecule has 116 valence electrons. The Morgan fingerprint density at radius 1 is 1.38 bits per heavy atom. The van der Waals surface area contributed by atoms with Gasteiger partial charge < -0.3 is 14.6 Å². The van der Waals surface area contributed by atoms with Gasteiger partial charge in [0.25, 0.3) is 0 Å². The number of fused-ring (bicyclic) bond motifs is 1. The van der Waals surface area contributed by atoms with Gasteiger partial charge in [0, 0.05) is 11.4 Å². The Balaban J connectivity index is 2.07. The third kappa shape index (κ3) is 3.76. The number of rotatable bonds is 6. The number of hydrogen-bond acceptors (Lipinski definition) is 4. The van der Waals surface area contributed by atoms with Crippen LogP contribution in [0.25, 0.3) is 0 Å². The molecule has 5 heteroatoms. The minimum Gasteiger partial charge on any atom is -0.490 e. The first-order valence-electron chi connectivity index (χ1n) is 7.18. The van der Waals surface area contributed by atoms with Crippen molar-refractivity contribution in [1.29, 1.82) is 0 Å². The second-order valence-corrected chi connectivity index (χ2v) is 6.12. The molecule has 2 rings (SSSR count). The molecule has 1 aliphatic carbocycles. The van der Waals surface area contributed by atoms with Crippen LogP contribution < -0.4 is 4.74 Å². The molecule has 0 amide bonds. The number of hydrogen-bond donors (Lipinski definition) is 1.